The van der Waals surface area contributed by atoms with Crippen LogP contribution in [0.3, 0.4) is 0 Å². The molecule has 0 aromatic carbocycles. The van der Waals surface area contributed by atoms with Crippen molar-refractivity contribution in [1.29, 1.82) is 0 Å². The molecule has 142 valence electrons. The second-order valence-corrected chi connectivity index (χ2v) is 7.80. The lowest BCUT2D eigenvalue weighted by Crippen LogP contribution is -2.33. The molecular formula is C19H25N7O. The van der Waals surface area contributed by atoms with Gasteiger partial charge in [0.2, 0.25) is 5.89 Å². The zero-order valence-electron chi connectivity index (χ0n) is 15.9. The van der Waals surface area contributed by atoms with Crippen molar-refractivity contribution in [2.24, 2.45) is 0 Å². The Balaban J connectivity index is 1.27. The van der Waals surface area contributed by atoms with Crippen LogP contribution in [0.25, 0.3) is 5.65 Å². The monoisotopic (exact) mass is 367 g/mol. The third-order valence-corrected chi connectivity index (χ3v) is 5.68. The molecule has 27 heavy (non-hydrogen) atoms. The molecule has 0 bridgehead atoms. The van der Waals surface area contributed by atoms with Crippen LogP contribution in [0.15, 0.2) is 16.5 Å². The molecule has 0 N–H and O–H groups in total. The van der Waals surface area contributed by atoms with E-state index in [0.717, 1.165) is 74.3 Å². The highest BCUT2D eigenvalue weighted by atomic mass is 16.4. The molecular weight excluding hydrogens is 342 g/mol. The SMILES string of the molecule is CN(C)c1ccc2nnc(C3CCN(Cc4nc5c(o4)CCC5)CC3)n2n1. The van der Waals surface area contributed by atoms with E-state index >= 15 is 0 Å². The molecule has 8 heteroatoms. The number of rotatable bonds is 4. The van der Waals surface area contributed by atoms with Gasteiger partial charge in [0.15, 0.2) is 11.5 Å². The van der Waals surface area contributed by atoms with Crippen LogP contribution >= 0.6 is 0 Å². The van der Waals surface area contributed by atoms with Gasteiger partial charge < -0.3 is 9.32 Å². The average molecular weight is 367 g/mol. The maximum atomic E-state index is 5.93. The highest BCUT2D eigenvalue weighted by Gasteiger charge is 2.27. The summed E-state index contributed by atoms with van der Waals surface area (Å²) in [5.41, 5.74) is 1.99. The first-order chi connectivity index (χ1) is 13.2. The lowest BCUT2D eigenvalue weighted by molar-refractivity contribution is 0.183. The highest BCUT2D eigenvalue weighted by molar-refractivity contribution is 5.45. The molecule has 1 aliphatic carbocycles. The molecule has 1 saturated heterocycles. The van der Waals surface area contributed by atoms with E-state index in [2.05, 4.69) is 20.1 Å². The van der Waals surface area contributed by atoms with E-state index in [9.17, 15) is 0 Å². The summed E-state index contributed by atoms with van der Waals surface area (Å²) in [4.78, 5) is 9.10. The van der Waals surface area contributed by atoms with Gasteiger partial charge in [-0.15, -0.1) is 15.3 Å². The maximum Gasteiger partial charge on any atom is 0.208 e. The molecule has 2 aliphatic rings. The number of oxazole rings is 1. The molecule has 0 radical (unpaired) electrons. The average Bonchev–Trinajstić information content (AvgIpc) is 3.36. The van der Waals surface area contributed by atoms with E-state index in [1.165, 1.54) is 12.1 Å². The Labute approximate surface area is 158 Å². The molecule has 0 unspecified atom stereocenters. The summed E-state index contributed by atoms with van der Waals surface area (Å²) < 4.78 is 7.84. The van der Waals surface area contributed by atoms with Crippen molar-refractivity contribution in [3.63, 3.8) is 0 Å². The van der Waals surface area contributed by atoms with Gasteiger partial charge in [0.05, 0.1) is 12.2 Å². The quantitative estimate of drug-likeness (QED) is 0.698. The van der Waals surface area contributed by atoms with Crippen molar-refractivity contribution in [2.45, 2.75) is 44.6 Å². The Bertz CT molecular complexity index is 931. The van der Waals surface area contributed by atoms with Gasteiger partial charge in [-0.1, -0.05) is 0 Å². The first-order valence-corrected chi connectivity index (χ1v) is 9.77. The van der Waals surface area contributed by atoms with E-state index in [4.69, 9.17) is 9.52 Å². The number of piperidine rings is 1. The lowest BCUT2D eigenvalue weighted by Gasteiger charge is -2.30. The second kappa shape index (κ2) is 6.60. The lowest BCUT2D eigenvalue weighted by atomic mass is 9.96. The minimum atomic E-state index is 0.385. The maximum absolute atomic E-state index is 5.93. The van der Waals surface area contributed by atoms with E-state index < -0.39 is 0 Å². The van der Waals surface area contributed by atoms with E-state index in [1.807, 2.05) is 35.6 Å². The fourth-order valence-electron chi connectivity index (χ4n) is 4.14. The molecule has 8 nitrogen and oxygen atoms in total. The predicted molar refractivity (Wildman–Crippen MR) is 101 cm³/mol. The molecule has 0 atom stereocenters. The topological polar surface area (TPSA) is 75.6 Å². The minimum absolute atomic E-state index is 0.385. The van der Waals surface area contributed by atoms with Crippen LogP contribution in [0.2, 0.25) is 0 Å². The third-order valence-electron chi connectivity index (χ3n) is 5.68. The molecule has 1 fully saturated rings. The van der Waals surface area contributed by atoms with Crippen LogP contribution in [0.5, 0.6) is 0 Å². The number of fused-ring (bicyclic) bond motifs is 2. The van der Waals surface area contributed by atoms with Gasteiger partial charge in [-0.25, -0.2) is 4.98 Å². The first kappa shape index (κ1) is 16.7. The third kappa shape index (κ3) is 3.07. The number of aryl methyl sites for hydroxylation is 2. The normalized spacial score (nSPS) is 18.3. The van der Waals surface area contributed by atoms with E-state index in [1.54, 1.807) is 0 Å². The highest BCUT2D eigenvalue weighted by Crippen LogP contribution is 2.29. The fourth-order valence-corrected chi connectivity index (χ4v) is 4.14. The minimum Gasteiger partial charge on any atom is -0.444 e. The molecule has 4 heterocycles. The number of likely N-dealkylation sites (tertiary alicyclic amines) is 1. The fraction of sp³-hybridized carbons (Fsp3) is 0.579. The van der Waals surface area contributed by atoms with Crippen LogP contribution in [0, 0.1) is 0 Å². The number of hydrogen-bond donors (Lipinski definition) is 0. The first-order valence-electron chi connectivity index (χ1n) is 9.77. The van der Waals surface area contributed by atoms with Gasteiger partial charge in [-0.3, -0.25) is 4.90 Å². The predicted octanol–water partition coefficient (Wildman–Crippen LogP) is 2.05. The van der Waals surface area contributed by atoms with Gasteiger partial charge in [-0.05, 0) is 50.9 Å². The molecule has 3 aromatic rings. The van der Waals surface area contributed by atoms with Crippen LogP contribution in [-0.4, -0.2) is 56.9 Å². The zero-order valence-corrected chi connectivity index (χ0v) is 15.9. The van der Waals surface area contributed by atoms with Gasteiger partial charge in [0, 0.05) is 26.4 Å². The summed E-state index contributed by atoms with van der Waals surface area (Å²) in [7, 11) is 3.99. The smallest absolute Gasteiger partial charge is 0.208 e. The van der Waals surface area contributed by atoms with Crippen LogP contribution in [-0.2, 0) is 19.4 Å². The van der Waals surface area contributed by atoms with E-state index in [0.29, 0.717) is 5.92 Å². The summed E-state index contributed by atoms with van der Waals surface area (Å²) in [6.07, 6.45) is 5.40. The standard InChI is InChI=1S/C19H25N7O/c1-24(2)17-7-6-16-21-22-19(26(16)23-17)13-8-10-25(11-9-13)12-18-20-14-4-3-5-15(14)27-18/h6-7,13H,3-5,8-12H2,1-2H3. The summed E-state index contributed by atoms with van der Waals surface area (Å²) in [5.74, 6) is 4.26. The zero-order chi connectivity index (χ0) is 18.4. The van der Waals surface area contributed by atoms with Gasteiger partial charge >= 0.3 is 0 Å². The largest absolute Gasteiger partial charge is 0.444 e. The Hall–Kier alpha value is -2.48. The van der Waals surface area contributed by atoms with Gasteiger partial charge in [-0.2, -0.15) is 4.52 Å². The van der Waals surface area contributed by atoms with Crippen molar-refractivity contribution >= 4 is 11.5 Å². The van der Waals surface area contributed by atoms with E-state index in [-0.39, 0.29) is 0 Å². The molecule has 1 aliphatic heterocycles. The van der Waals surface area contributed by atoms with Gasteiger partial charge in [0.25, 0.3) is 0 Å². The number of anilines is 1. The molecule has 0 saturated carbocycles. The second-order valence-electron chi connectivity index (χ2n) is 7.80. The van der Waals surface area contributed by atoms with Gasteiger partial charge in [0.1, 0.15) is 11.6 Å². The Morgan fingerprint density at radius 1 is 1.15 bits per heavy atom. The van der Waals surface area contributed by atoms with Crippen molar-refractivity contribution in [2.75, 3.05) is 32.1 Å². The van der Waals surface area contributed by atoms with Crippen LogP contribution < -0.4 is 4.90 Å². The Morgan fingerprint density at radius 3 is 2.78 bits per heavy atom. The summed E-state index contributed by atoms with van der Waals surface area (Å²) >= 11 is 0. The molecule has 0 spiro atoms. The molecule has 3 aromatic heterocycles. The van der Waals surface area contributed by atoms with Crippen molar-refractivity contribution < 1.29 is 4.42 Å². The number of nitrogens with zero attached hydrogens (tertiary/aromatic N) is 7. The summed E-state index contributed by atoms with van der Waals surface area (Å²) in [6, 6.07) is 3.96. The Kier molecular flexibility index (Phi) is 4.07. The van der Waals surface area contributed by atoms with Crippen molar-refractivity contribution in [1.82, 2.24) is 29.7 Å². The number of hydrogen-bond acceptors (Lipinski definition) is 7. The molecule has 5 rings (SSSR count). The van der Waals surface area contributed by atoms with Crippen molar-refractivity contribution in [3.05, 3.63) is 35.3 Å². The molecule has 0 amide bonds. The van der Waals surface area contributed by atoms with Crippen molar-refractivity contribution in [3.8, 4) is 0 Å². The van der Waals surface area contributed by atoms with Crippen LogP contribution in [0.1, 0.15) is 48.3 Å². The number of aromatic nitrogens is 5. The van der Waals surface area contributed by atoms with Crippen LogP contribution in [0.4, 0.5) is 5.82 Å². The Morgan fingerprint density at radius 2 is 2.00 bits per heavy atom. The summed E-state index contributed by atoms with van der Waals surface area (Å²) in [6.45, 7) is 2.84. The summed E-state index contributed by atoms with van der Waals surface area (Å²) in [5, 5.41) is 13.5.